The van der Waals surface area contributed by atoms with Crippen molar-refractivity contribution < 1.29 is 14.2 Å². The second-order valence-corrected chi connectivity index (χ2v) is 7.83. The average Bonchev–Trinajstić information content (AvgIpc) is 3.19. The number of nitrogens with one attached hydrogen (secondary N) is 1. The van der Waals surface area contributed by atoms with Crippen LogP contribution in [0, 0.1) is 0 Å². The number of aliphatic imine (C=N–C) groups is 1. The molecule has 9 heteroatoms. The second-order valence-electron chi connectivity index (χ2n) is 6.33. The third-order valence-corrected chi connectivity index (χ3v) is 5.58. The monoisotopic (exact) mass is 454 g/mol. The van der Waals surface area contributed by atoms with E-state index in [2.05, 4.69) is 20.3 Å². The number of benzene rings is 2. The van der Waals surface area contributed by atoms with Gasteiger partial charge in [-0.1, -0.05) is 11.6 Å². The van der Waals surface area contributed by atoms with Crippen molar-refractivity contribution in [1.82, 2.24) is 9.97 Å². The molecule has 0 amide bonds. The van der Waals surface area contributed by atoms with E-state index in [0.29, 0.717) is 33.8 Å². The molecule has 0 unspecified atom stereocenters. The maximum atomic E-state index is 6.06. The van der Waals surface area contributed by atoms with Crippen LogP contribution in [0.3, 0.4) is 0 Å². The number of hydrogen-bond donors (Lipinski definition) is 1. The summed E-state index contributed by atoms with van der Waals surface area (Å²) in [5, 5.41) is 4.73. The lowest BCUT2D eigenvalue weighted by molar-refractivity contribution is 0.324. The quantitative estimate of drug-likeness (QED) is 0.352. The number of ether oxygens (including phenoxy) is 3. The molecule has 2 aromatic carbocycles. The highest BCUT2D eigenvalue weighted by Gasteiger charge is 2.14. The van der Waals surface area contributed by atoms with E-state index in [1.165, 1.54) is 11.3 Å². The molecule has 7 nitrogen and oxygen atoms in total. The van der Waals surface area contributed by atoms with Gasteiger partial charge in [0.25, 0.3) is 0 Å². The Hall–Kier alpha value is -3.36. The first kappa shape index (κ1) is 20.9. The van der Waals surface area contributed by atoms with Crippen LogP contribution in [0.5, 0.6) is 17.2 Å². The Kier molecular flexibility index (Phi) is 6.20. The average molecular weight is 455 g/mol. The first-order valence-corrected chi connectivity index (χ1v) is 10.4. The molecular weight excluding hydrogens is 436 g/mol. The summed E-state index contributed by atoms with van der Waals surface area (Å²) in [4.78, 5) is 13.6. The first-order chi connectivity index (χ1) is 15.1. The van der Waals surface area contributed by atoms with Crippen LogP contribution < -0.4 is 19.5 Å². The normalized spacial score (nSPS) is 11.1. The van der Waals surface area contributed by atoms with E-state index >= 15 is 0 Å². The fourth-order valence-corrected chi connectivity index (χ4v) is 4.10. The molecule has 0 saturated heterocycles. The van der Waals surface area contributed by atoms with Crippen LogP contribution in [-0.2, 0) is 0 Å². The van der Waals surface area contributed by atoms with Crippen LogP contribution in [0.15, 0.2) is 53.7 Å². The van der Waals surface area contributed by atoms with Gasteiger partial charge in [0.1, 0.15) is 10.7 Å². The van der Waals surface area contributed by atoms with Crippen LogP contribution >= 0.6 is 22.9 Å². The number of hydrogen-bond acceptors (Lipinski definition) is 8. The van der Waals surface area contributed by atoms with Crippen LogP contribution in [0.1, 0.15) is 5.01 Å². The van der Waals surface area contributed by atoms with E-state index in [0.717, 1.165) is 20.9 Å². The molecule has 0 saturated carbocycles. The summed E-state index contributed by atoms with van der Waals surface area (Å²) in [6, 6.07) is 12.9. The fraction of sp³-hybridized carbons (Fsp3) is 0.136. The molecule has 0 fully saturated rings. The van der Waals surface area contributed by atoms with E-state index in [1.54, 1.807) is 45.9 Å². The van der Waals surface area contributed by atoms with Gasteiger partial charge in [0.15, 0.2) is 17.3 Å². The van der Waals surface area contributed by atoms with Gasteiger partial charge in [-0.3, -0.25) is 0 Å². The van der Waals surface area contributed by atoms with Crippen molar-refractivity contribution >= 4 is 56.6 Å². The van der Waals surface area contributed by atoms with Crippen molar-refractivity contribution in [3.05, 3.63) is 58.7 Å². The fourth-order valence-electron chi connectivity index (χ4n) is 2.98. The smallest absolute Gasteiger partial charge is 0.203 e. The molecule has 2 heterocycles. The number of nitrogens with zero attached hydrogens (tertiary/aromatic N) is 3. The van der Waals surface area contributed by atoms with Crippen LogP contribution in [-0.4, -0.2) is 37.5 Å². The van der Waals surface area contributed by atoms with E-state index < -0.39 is 0 Å². The van der Waals surface area contributed by atoms with Gasteiger partial charge in [-0.25, -0.2) is 15.0 Å². The Balaban J connectivity index is 1.63. The minimum absolute atomic E-state index is 0.519. The largest absolute Gasteiger partial charge is 0.493 e. The highest BCUT2D eigenvalue weighted by molar-refractivity contribution is 7.20. The van der Waals surface area contributed by atoms with Crippen LogP contribution in [0.2, 0.25) is 5.02 Å². The number of halogens is 1. The molecule has 31 heavy (non-hydrogen) atoms. The van der Waals surface area contributed by atoms with Crippen molar-refractivity contribution in [2.75, 3.05) is 26.6 Å². The molecule has 0 radical (unpaired) electrons. The summed E-state index contributed by atoms with van der Waals surface area (Å²) in [5.41, 5.74) is 2.27. The molecule has 0 aliphatic heterocycles. The number of pyridine rings is 1. The molecule has 4 rings (SSSR count). The maximum Gasteiger partial charge on any atom is 0.203 e. The van der Waals surface area contributed by atoms with Gasteiger partial charge >= 0.3 is 0 Å². The van der Waals surface area contributed by atoms with Crippen LogP contribution in [0.25, 0.3) is 10.2 Å². The number of thiazole rings is 1. The van der Waals surface area contributed by atoms with Gasteiger partial charge in [0, 0.05) is 29.0 Å². The van der Waals surface area contributed by atoms with E-state index in [9.17, 15) is 0 Å². The zero-order chi connectivity index (χ0) is 21.8. The van der Waals surface area contributed by atoms with Gasteiger partial charge in [-0.15, -0.1) is 11.3 Å². The second kappa shape index (κ2) is 9.20. The van der Waals surface area contributed by atoms with Crippen molar-refractivity contribution in [3.63, 3.8) is 0 Å². The third kappa shape index (κ3) is 4.55. The molecular formula is C22H19ClN4O3S. The Morgan fingerprint density at radius 3 is 2.52 bits per heavy atom. The molecule has 2 aromatic heterocycles. The summed E-state index contributed by atoms with van der Waals surface area (Å²) in [6.45, 7) is 0. The van der Waals surface area contributed by atoms with Crippen molar-refractivity contribution in [1.29, 1.82) is 0 Å². The predicted molar refractivity (Wildman–Crippen MR) is 126 cm³/mol. The summed E-state index contributed by atoms with van der Waals surface area (Å²) in [5.74, 6) is 2.18. The molecule has 0 aliphatic rings. The number of aromatic nitrogens is 2. The Morgan fingerprint density at radius 1 is 1.03 bits per heavy atom. The lowest BCUT2D eigenvalue weighted by Gasteiger charge is -2.15. The predicted octanol–water partition coefficient (Wildman–Crippen LogP) is 5.86. The summed E-state index contributed by atoms with van der Waals surface area (Å²) in [7, 11) is 4.71. The molecule has 0 spiro atoms. The molecule has 1 N–H and O–H groups in total. The van der Waals surface area contributed by atoms with Gasteiger partial charge in [-0.05, 0) is 30.3 Å². The van der Waals surface area contributed by atoms with Crippen LogP contribution in [0.4, 0.5) is 17.2 Å². The summed E-state index contributed by atoms with van der Waals surface area (Å²) in [6.07, 6.45) is 3.41. The first-order valence-electron chi connectivity index (χ1n) is 9.23. The van der Waals surface area contributed by atoms with Crippen molar-refractivity contribution in [3.8, 4) is 17.2 Å². The molecule has 0 atom stereocenters. The molecule has 4 aromatic rings. The summed E-state index contributed by atoms with van der Waals surface area (Å²) >= 11 is 7.59. The zero-order valence-electron chi connectivity index (χ0n) is 17.0. The van der Waals surface area contributed by atoms with E-state index in [4.69, 9.17) is 25.8 Å². The SMILES string of the molecule is COc1cc(Nc2ncccc2N=Cc2nc3ccc(Cl)cc3s2)cc(OC)c1OC. The van der Waals surface area contributed by atoms with Gasteiger partial charge in [-0.2, -0.15) is 0 Å². The lowest BCUT2D eigenvalue weighted by Crippen LogP contribution is -1.99. The Labute approximate surface area is 188 Å². The van der Waals surface area contributed by atoms with Gasteiger partial charge in [0.05, 0.1) is 37.8 Å². The van der Waals surface area contributed by atoms with E-state index in [-0.39, 0.29) is 0 Å². The highest BCUT2D eigenvalue weighted by atomic mass is 35.5. The number of rotatable bonds is 7. The van der Waals surface area contributed by atoms with Crippen molar-refractivity contribution in [2.24, 2.45) is 4.99 Å². The number of anilines is 2. The third-order valence-electron chi connectivity index (χ3n) is 4.39. The molecule has 0 aliphatic carbocycles. The van der Waals surface area contributed by atoms with E-state index in [1.807, 2.05) is 30.3 Å². The maximum absolute atomic E-state index is 6.06. The summed E-state index contributed by atoms with van der Waals surface area (Å²) < 4.78 is 17.2. The molecule has 158 valence electrons. The van der Waals surface area contributed by atoms with Gasteiger partial charge in [0.2, 0.25) is 5.75 Å². The molecule has 0 bridgehead atoms. The Bertz CT molecular complexity index is 1230. The highest BCUT2D eigenvalue weighted by Crippen LogP contribution is 2.41. The lowest BCUT2D eigenvalue weighted by atomic mass is 10.2. The standard InChI is InChI=1S/C22H19ClN4O3S/c1-28-17-10-14(11-18(29-2)21(17)30-3)26-22-16(5-4-8-24-22)25-12-20-27-15-7-6-13(23)9-19(15)31-20/h4-12H,1-3H3,(H,24,26). The number of methoxy groups -OCH3 is 3. The zero-order valence-corrected chi connectivity index (χ0v) is 18.6. The van der Waals surface area contributed by atoms with Gasteiger partial charge < -0.3 is 19.5 Å². The topological polar surface area (TPSA) is 77.9 Å². The van der Waals surface area contributed by atoms with Crippen molar-refractivity contribution in [2.45, 2.75) is 0 Å². The Morgan fingerprint density at radius 2 is 1.81 bits per heavy atom. The minimum Gasteiger partial charge on any atom is -0.493 e. The minimum atomic E-state index is 0.519. The number of fused-ring (bicyclic) bond motifs is 1.